The van der Waals surface area contributed by atoms with E-state index in [1.165, 1.54) is 0 Å². The lowest BCUT2D eigenvalue weighted by Gasteiger charge is -2.13. The predicted molar refractivity (Wildman–Crippen MR) is 73.4 cm³/mol. The van der Waals surface area contributed by atoms with Crippen molar-refractivity contribution in [1.29, 1.82) is 0 Å². The summed E-state index contributed by atoms with van der Waals surface area (Å²) < 4.78 is 7.36. The Balaban J connectivity index is 2.42. The molecule has 1 aromatic carbocycles. The number of fused-ring (bicyclic) bond motifs is 1. The number of ether oxygens (including phenoxy) is 1. The first-order valence-electron chi connectivity index (χ1n) is 6.47. The van der Waals surface area contributed by atoms with Gasteiger partial charge in [-0.3, -0.25) is 0 Å². The Hall–Kier alpha value is -1.39. The van der Waals surface area contributed by atoms with Gasteiger partial charge in [-0.15, -0.1) is 0 Å². The van der Waals surface area contributed by atoms with Crippen LogP contribution in [0.3, 0.4) is 0 Å². The average Bonchev–Trinajstić information content (AvgIpc) is 2.75. The third-order valence-electron chi connectivity index (χ3n) is 3.10. The van der Waals surface area contributed by atoms with E-state index >= 15 is 0 Å². The third-order valence-corrected chi connectivity index (χ3v) is 3.10. The van der Waals surface area contributed by atoms with E-state index in [9.17, 15) is 0 Å². The molecule has 0 saturated heterocycles. The number of imidazole rings is 1. The first kappa shape index (κ1) is 13.1. The quantitative estimate of drug-likeness (QED) is 0.853. The molecule has 0 amide bonds. The second-order valence-electron chi connectivity index (χ2n) is 4.53. The zero-order chi connectivity index (χ0) is 13.0. The maximum atomic E-state index is 6.13. The van der Waals surface area contributed by atoms with Crippen molar-refractivity contribution in [3.8, 4) is 0 Å². The second-order valence-corrected chi connectivity index (χ2v) is 4.53. The maximum Gasteiger partial charge on any atom is 0.129 e. The van der Waals surface area contributed by atoms with E-state index in [0.717, 1.165) is 36.2 Å². The number of aryl methyl sites for hydroxylation is 1. The highest BCUT2D eigenvalue weighted by Gasteiger charge is 2.16. The molecule has 2 aromatic rings. The van der Waals surface area contributed by atoms with E-state index in [-0.39, 0.29) is 6.04 Å². The van der Waals surface area contributed by atoms with Crippen LogP contribution in [0, 0.1) is 0 Å². The van der Waals surface area contributed by atoms with Gasteiger partial charge in [0.25, 0.3) is 0 Å². The molecule has 0 aliphatic heterocycles. The molecule has 0 saturated carbocycles. The summed E-state index contributed by atoms with van der Waals surface area (Å²) in [4.78, 5) is 4.64. The summed E-state index contributed by atoms with van der Waals surface area (Å²) in [5, 5.41) is 0. The first-order valence-corrected chi connectivity index (χ1v) is 6.47. The standard InChI is InChI=1S/C14H21N3O/c1-3-4-9-17-13-8-6-5-7-12(13)16-14(17)11(15)10-18-2/h5-8,11H,3-4,9-10,15H2,1-2H3/t11-/m0/s1. The molecule has 0 unspecified atom stereocenters. The van der Waals surface area contributed by atoms with Crippen LogP contribution in [0.15, 0.2) is 24.3 Å². The van der Waals surface area contributed by atoms with Crippen LogP contribution in [0.2, 0.25) is 0 Å². The van der Waals surface area contributed by atoms with Crippen molar-refractivity contribution >= 4 is 11.0 Å². The highest BCUT2D eigenvalue weighted by molar-refractivity contribution is 5.76. The van der Waals surface area contributed by atoms with E-state index < -0.39 is 0 Å². The highest BCUT2D eigenvalue weighted by atomic mass is 16.5. The van der Waals surface area contributed by atoms with Crippen LogP contribution in [-0.4, -0.2) is 23.3 Å². The average molecular weight is 247 g/mol. The summed E-state index contributed by atoms with van der Waals surface area (Å²) in [6.45, 7) is 3.65. The Labute approximate surface area is 108 Å². The van der Waals surface area contributed by atoms with Gasteiger partial charge in [0.05, 0.1) is 23.7 Å². The number of benzene rings is 1. The number of hydrogen-bond donors (Lipinski definition) is 1. The summed E-state index contributed by atoms with van der Waals surface area (Å²) in [6.07, 6.45) is 2.29. The monoisotopic (exact) mass is 247 g/mol. The minimum atomic E-state index is -0.167. The van der Waals surface area contributed by atoms with Gasteiger partial charge < -0.3 is 15.0 Å². The van der Waals surface area contributed by atoms with Crippen LogP contribution in [0.25, 0.3) is 11.0 Å². The lowest BCUT2D eigenvalue weighted by Crippen LogP contribution is -2.21. The lowest BCUT2D eigenvalue weighted by atomic mass is 10.2. The van der Waals surface area contributed by atoms with E-state index in [1.54, 1.807) is 7.11 Å². The summed E-state index contributed by atoms with van der Waals surface area (Å²) in [5.41, 5.74) is 8.30. The molecule has 18 heavy (non-hydrogen) atoms. The number of aromatic nitrogens is 2. The van der Waals surface area contributed by atoms with E-state index in [0.29, 0.717) is 6.61 Å². The minimum absolute atomic E-state index is 0.167. The van der Waals surface area contributed by atoms with Crippen LogP contribution in [0.5, 0.6) is 0 Å². The van der Waals surface area contributed by atoms with Gasteiger partial charge in [-0.2, -0.15) is 0 Å². The molecule has 0 spiro atoms. The fraction of sp³-hybridized carbons (Fsp3) is 0.500. The zero-order valence-corrected chi connectivity index (χ0v) is 11.1. The van der Waals surface area contributed by atoms with Crippen LogP contribution in [-0.2, 0) is 11.3 Å². The normalized spacial score (nSPS) is 13.1. The molecule has 0 fully saturated rings. The third kappa shape index (κ3) is 2.54. The van der Waals surface area contributed by atoms with Gasteiger partial charge in [0.1, 0.15) is 5.82 Å². The number of unbranched alkanes of at least 4 members (excludes halogenated alkanes) is 1. The number of nitrogens with zero attached hydrogens (tertiary/aromatic N) is 2. The fourth-order valence-corrected chi connectivity index (χ4v) is 2.18. The smallest absolute Gasteiger partial charge is 0.129 e. The molecule has 0 radical (unpaired) electrons. The number of para-hydroxylation sites is 2. The molecule has 0 aliphatic carbocycles. The number of rotatable bonds is 6. The maximum absolute atomic E-state index is 6.13. The Bertz CT molecular complexity index is 507. The van der Waals surface area contributed by atoms with Gasteiger partial charge in [-0.05, 0) is 18.6 Å². The molecule has 0 bridgehead atoms. The number of methoxy groups -OCH3 is 1. The lowest BCUT2D eigenvalue weighted by molar-refractivity contribution is 0.177. The highest BCUT2D eigenvalue weighted by Crippen LogP contribution is 2.20. The Morgan fingerprint density at radius 2 is 2.17 bits per heavy atom. The van der Waals surface area contributed by atoms with Crippen molar-refractivity contribution in [3.05, 3.63) is 30.1 Å². The van der Waals surface area contributed by atoms with Crippen molar-refractivity contribution in [2.45, 2.75) is 32.4 Å². The zero-order valence-electron chi connectivity index (χ0n) is 11.1. The van der Waals surface area contributed by atoms with Crippen molar-refractivity contribution in [1.82, 2.24) is 9.55 Å². The van der Waals surface area contributed by atoms with Gasteiger partial charge >= 0.3 is 0 Å². The van der Waals surface area contributed by atoms with Crippen molar-refractivity contribution in [2.75, 3.05) is 13.7 Å². The molecule has 1 heterocycles. The summed E-state index contributed by atoms with van der Waals surface area (Å²) >= 11 is 0. The Morgan fingerprint density at radius 3 is 2.89 bits per heavy atom. The number of hydrogen-bond acceptors (Lipinski definition) is 3. The Kier molecular flexibility index (Phi) is 4.33. The van der Waals surface area contributed by atoms with Gasteiger partial charge in [-0.1, -0.05) is 25.5 Å². The van der Waals surface area contributed by atoms with E-state index in [1.807, 2.05) is 18.2 Å². The van der Waals surface area contributed by atoms with Crippen LogP contribution in [0.4, 0.5) is 0 Å². The van der Waals surface area contributed by atoms with Crippen LogP contribution < -0.4 is 5.73 Å². The van der Waals surface area contributed by atoms with Gasteiger partial charge in [0, 0.05) is 13.7 Å². The summed E-state index contributed by atoms with van der Waals surface area (Å²) in [5.74, 6) is 0.923. The second kappa shape index (κ2) is 5.98. The molecule has 2 N–H and O–H groups in total. The molecule has 98 valence electrons. The molecule has 0 aliphatic rings. The van der Waals surface area contributed by atoms with Crippen molar-refractivity contribution in [2.24, 2.45) is 5.73 Å². The summed E-state index contributed by atoms with van der Waals surface area (Å²) in [7, 11) is 1.67. The molecule has 1 atom stereocenters. The van der Waals surface area contributed by atoms with E-state index in [2.05, 4.69) is 22.5 Å². The SMILES string of the molecule is CCCCn1c([C@@H](N)COC)nc2ccccc21. The molecule has 1 aromatic heterocycles. The molecule has 2 rings (SSSR count). The Morgan fingerprint density at radius 1 is 1.39 bits per heavy atom. The number of nitrogens with two attached hydrogens (primary N) is 1. The van der Waals surface area contributed by atoms with Crippen molar-refractivity contribution in [3.63, 3.8) is 0 Å². The van der Waals surface area contributed by atoms with E-state index in [4.69, 9.17) is 10.5 Å². The van der Waals surface area contributed by atoms with Gasteiger partial charge in [-0.25, -0.2) is 4.98 Å². The van der Waals surface area contributed by atoms with Gasteiger partial charge in [0.2, 0.25) is 0 Å². The fourth-order valence-electron chi connectivity index (χ4n) is 2.18. The molecular weight excluding hydrogens is 226 g/mol. The summed E-state index contributed by atoms with van der Waals surface area (Å²) in [6, 6.07) is 8.00. The minimum Gasteiger partial charge on any atom is -0.383 e. The predicted octanol–water partition coefficient (Wildman–Crippen LogP) is 2.48. The van der Waals surface area contributed by atoms with Crippen LogP contribution >= 0.6 is 0 Å². The van der Waals surface area contributed by atoms with Crippen LogP contribution in [0.1, 0.15) is 31.6 Å². The first-order chi connectivity index (χ1) is 8.77. The van der Waals surface area contributed by atoms with Crippen molar-refractivity contribution < 1.29 is 4.74 Å². The topological polar surface area (TPSA) is 53.1 Å². The largest absolute Gasteiger partial charge is 0.383 e. The van der Waals surface area contributed by atoms with Gasteiger partial charge in [0.15, 0.2) is 0 Å². The molecule has 4 nitrogen and oxygen atoms in total. The molecule has 4 heteroatoms. The molecular formula is C14H21N3O.